The highest BCUT2D eigenvalue weighted by molar-refractivity contribution is 6.46. The van der Waals surface area contributed by atoms with Gasteiger partial charge in [-0.3, -0.25) is 9.59 Å². The first-order valence-electron chi connectivity index (χ1n) is 10.2. The summed E-state index contributed by atoms with van der Waals surface area (Å²) in [4.78, 5) is 28.9. The van der Waals surface area contributed by atoms with E-state index in [1.165, 1.54) is 23.1 Å². The molecule has 0 aliphatic carbocycles. The lowest BCUT2D eigenvalue weighted by atomic mass is 9.95. The first kappa shape index (κ1) is 22.5. The summed E-state index contributed by atoms with van der Waals surface area (Å²) in [5, 5.41) is 11.0. The number of hydrogen-bond acceptors (Lipinski definition) is 5. The van der Waals surface area contributed by atoms with Gasteiger partial charge in [0.2, 0.25) is 0 Å². The van der Waals surface area contributed by atoms with E-state index in [1.807, 2.05) is 32.8 Å². The van der Waals surface area contributed by atoms with Gasteiger partial charge < -0.3 is 19.6 Å². The summed E-state index contributed by atoms with van der Waals surface area (Å²) in [6.07, 6.45) is -0.0116. The van der Waals surface area contributed by atoms with E-state index in [0.29, 0.717) is 17.9 Å². The zero-order chi connectivity index (χ0) is 22.7. The van der Waals surface area contributed by atoms with Crippen LogP contribution >= 0.6 is 0 Å². The standard InChI is InChI=1S/C24H27FN2O4/c1-15(2)31-17-11-9-16(10-12-17)22(28)20-21(18-7-5-6-8-19(18)25)27(14-13-26(3)4)24(30)23(20)29/h5-12,15,21,28H,13-14H2,1-4H3/t21-/m1/s1. The first-order valence-corrected chi connectivity index (χ1v) is 10.2. The molecule has 1 saturated heterocycles. The lowest BCUT2D eigenvalue weighted by Crippen LogP contribution is -2.35. The van der Waals surface area contributed by atoms with Gasteiger partial charge in [0.1, 0.15) is 17.3 Å². The van der Waals surface area contributed by atoms with Crippen LogP contribution in [-0.2, 0) is 9.59 Å². The number of Topliss-reactive ketones (excluding diaryl/α,β-unsaturated/α-hetero) is 1. The quantitative estimate of drug-likeness (QED) is 0.416. The van der Waals surface area contributed by atoms with Crippen molar-refractivity contribution in [1.29, 1.82) is 0 Å². The van der Waals surface area contributed by atoms with Gasteiger partial charge in [0.25, 0.3) is 11.7 Å². The monoisotopic (exact) mass is 426 g/mol. The number of likely N-dealkylation sites (N-methyl/N-ethyl adjacent to an activating group) is 1. The Labute approximate surface area is 181 Å². The Morgan fingerprint density at radius 3 is 2.35 bits per heavy atom. The first-order chi connectivity index (χ1) is 14.7. The Morgan fingerprint density at radius 2 is 1.77 bits per heavy atom. The van der Waals surface area contributed by atoms with E-state index in [2.05, 4.69) is 0 Å². The molecule has 3 rings (SSSR count). The maximum atomic E-state index is 14.7. The Bertz CT molecular complexity index is 999. The maximum Gasteiger partial charge on any atom is 0.295 e. The Hall–Kier alpha value is -3.19. The smallest absolute Gasteiger partial charge is 0.295 e. The van der Waals surface area contributed by atoms with Crippen LogP contribution in [0.3, 0.4) is 0 Å². The van der Waals surface area contributed by atoms with Gasteiger partial charge >= 0.3 is 0 Å². The molecule has 1 aliphatic heterocycles. The van der Waals surface area contributed by atoms with E-state index in [-0.39, 0.29) is 29.5 Å². The molecule has 2 aromatic carbocycles. The summed E-state index contributed by atoms with van der Waals surface area (Å²) < 4.78 is 20.3. The molecule has 0 spiro atoms. The van der Waals surface area contributed by atoms with Crippen molar-refractivity contribution in [1.82, 2.24) is 9.80 Å². The van der Waals surface area contributed by atoms with Crippen LogP contribution in [0.5, 0.6) is 5.75 Å². The zero-order valence-corrected chi connectivity index (χ0v) is 18.1. The molecular formula is C24H27FN2O4. The van der Waals surface area contributed by atoms with E-state index >= 15 is 0 Å². The van der Waals surface area contributed by atoms with E-state index in [1.54, 1.807) is 30.3 Å². The summed E-state index contributed by atoms with van der Waals surface area (Å²) in [6, 6.07) is 11.6. The second kappa shape index (κ2) is 9.31. The second-order valence-electron chi connectivity index (χ2n) is 8.01. The molecule has 0 saturated carbocycles. The lowest BCUT2D eigenvalue weighted by molar-refractivity contribution is -0.140. The molecule has 1 aliphatic rings. The fourth-order valence-electron chi connectivity index (χ4n) is 3.56. The number of amides is 1. The third-order valence-electron chi connectivity index (χ3n) is 5.03. The molecule has 1 amide bonds. The molecule has 0 bridgehead atoms. The van der Waals surface area contributed by atoms with Gasteiger partial charge in [-0.15, -0.1) is 0 Å². The summed E-state index contributed by atoms with van der Waals surface area (Å²) in [6.45, 7) is 4.50. The number of halogens is 1. The highest BCUT2D eigenvalue weighted by atomic mass is 19.1. The van der Waals surface area contributed by atoms with Crippen LogP contribution in [0.15, 0.2) is 54.1 Å². The summed E-state index contributed by atoms with van der Waals surface area (Å²) >= 11 is 0. The molecule has 7 heteroatoms. The molecule has 1 fully saturated rings. The van der Waals surface area contributed by atoms with E-state index in [0.717, 1.165) is 0 Å². The van der Waals surface area contributed by atoms with Gasteiger partial charge in [0, 0.05) is 24.2 Å². The van der Waals surface area contributed by atoms with Crippen molar-refractivity contribution >= 4 is 17.4 Å². The Balaban J connectivity index is 2.09. The number of likely N-dealkylation sites (tertiary alicyclic amines) is 1. The minimum atomic E-state index is -1.01. The molecule has 1 heterocycles. The van der Waals surface area contributed by atoms with Crippen LogP contribution in [0.1, 0.15) is 31.0 Å². The van der Waals surface area contributed by atoms with Crippen LogP contribution in [-0.4, -0.2) is 59.9 Å². The van der Waals surface area contributed by atoms with Crippen LogP contribution in [0.25, 0.3) is 5.76 Å². The lowest BCUT2D eigenvalue weighted by Gasteiger charge is -2.26. The summed E-state index contributed by atoms with van der Waals surface area (Å²) in [5.74, 6) is -1.85. The van der Waals surface area contributed by atoms with E-state index in [9.17, 15) is 19.1 Å². The number of rotatable bonds is 7. The third kappa shape index (κ3) is 4.77. The highest BCUT2D eigenvalue weighted by Crippen LogP contribution is 2.40. The van der Waals surface area contributed by atoms with Crippen LogP contribution in [0.4, 0.5) is 4.39 Å². The minimum absolute atomic E-state index is 0.0116. The zero-order valence-electron chi connectivity index (χ0n) is 18.1. The van der Waals surface area contributed by atoms with Gasteiger partial charge in [-0.2, -0.15) is 0 Å². The Kier molecular flexibility index (Phi) is 6.75. The van der Waals surface area contributed by atoms with Gasteiger partial charge in [0.15, 0.2) is 0 Å². The molecule has 0 aromatic heterocycles. The number of carbonyl (C=O) groups excluding carboxylic acids is 2. The number of ketones is 1. The molecule has 2 aromatic rings. The fourth-order valence-corrected chi connectivity index (χ4v) is 3.56. The predicted molar refractivity (Wildman–Crippen MR) is 116 cm³/mol. The van der Waals surface area contributed by atoms with Gasteiger partial charge in [0.05, 0.1) is 17.7 Å². The van der Waals surface area contributed by atoms with Crippen molar-refractivity contribution in [3.05, 3.63) is 71.0 Å². The van der Waals surface area contributed by atoms with Gasteiger partial charge in [-0.1, -0.05) is 18.2 Å². The molecule has 31 heavy (non-hydrogen) atoms. The fraction of sp³-hybridized carbons (Fsp3) is 0.333. The summed E-state index contributed by atoms with van der Waals surface area (Å²) in [5.41, 5.74) is 0.399. The van der Waals surface area contributed by atoms with Gasteiger partial charge in [-0.05, 0) is 58.3 Å². The maximum absolute atomic E-state index is 14.7. The number of aliphatic hydroxyl groups excluding tert-OH is 1. The number of carbonyl (C=O) groups is 2. The number of benzene rings is 2. The Morgan fingerprint density at radius 1 is 1.13 bits per heavy atom. The van der Waals surface area contributed by atoms with Gasteiger partial charge in [-0.25, -0.2) is 4.39 Å². The predicted octanol–water partition coefficient (Wildman–Crippen LogP) is 3.60. The number of aliphatic hydroxyl groups is 1. The average molecular weight is 426 g/mol. The molecule has 0 radical (unpaired) electrons. The molecule has 164 valence electrons. The minimum Gasteiger partial charge on any atom is -0.507 e. The highest BCUT2D eigenvalue weighted by Gasteiger charge is 2.46. The van der Waals surface area contributed by atoms with Crippen molar-refractivity contribution in [2.45, 2.75) is 26.0 Å². The topological polar surface area (TPSA) is 70.1 Å². The molecular weight excluding hydrogens is 399 g/mol. The van der Waals surface area contributed by atoms with Crippen molar-refractivity contribution in [2.75, 3.05) is 27.2 Å². The summed E-state index contributed by atoms with van der Waals surface area (Å²) in [7, 11) is 3.69. The molecule has 1 atom stereocenters. The van der Waals surface area contributed by atoms with E-state index < -0.39 is 23.5 Å². The van der Waals surface area contributed by atoms with E-state index in [4.69, 9.17) is 4.74 Å². The van der Waals surface area contributed by atoms with Crippen molar-refractivity contribution in [3.63, 3.8) is 0 Å². The average Bonchev–Trinajstić information content (AvgIpc) is 2.96. The van der Waals surface area contributed by atoms with Crippen molar-refractivity contribution in [3.8, 4) is 5.75 Å². The van der Waals surface area contributed by atoms with Crippen LogP contribution in [0, 0.1) is 5.82 Å². The van der Waals surface area contributed by atoms with Crippen molar-refractivity contribution < 1.29 is 23.8 Å². The molecule has 1 N–H and O–H groups in total. The molecule has 6 nitrogen and oxygen atoms in total. The SMILES string of the molecule is CC(C)Oc1ccc(C(O)=C2C(=O)C(=O)N(CCN(C)C)[C@@H]2c2ccccc2F)cc1. The van der Waals surface area contributed by atoms with Crippen LogP contribution < -0.4 is 4.74 Å². The number of nitrogens with zero attached hydrogens (tertiary/aromatic N) is 2. The van der Waals surface area contributed by atoms with Crippen molar-refractivity contribution in [2.24, 2.45) is 0 Å². The number of hydrogen-bond donors (Lipinski definition) is 1. The molecule has 0 unspecified atom stereocenters. The largest absolute Gasteiger partial charge is 0.507 e. The normalized spacial score (nSPS) is 18.3. The third-order valence-corrected chi connectivity index (χ3v) is 5.03. The van der Waals surface area contributed by atoms with Crippen LogP contribution in [0.2, 0.25) is 0 Å². The second-order valence-corrected chi connectivity index (χ2v) is 8.01. The number of ether oxygens (including phenoxy) is 1.